The van der Waals surface area contributed by atoms with Crippen molar-refractivity contribution in [1.29, 1.82) is 0 Å². The number of nitrogens with one attached hydrogen (secondary N) is 1. The lowest BCUT2D eigenvalue weighted by Gasteiger charge is -1.95. The van der Waals surface area contributed by atoms with Gasteiger partial charge in [-0.25, -0.2) is 9.97 Å². The van der Waals surface area contributed by atoms with Crippen molar-refractivity contribution < 1.29 is 0 Å². The van der Waals surface area contributed by atoms with Gasteiger partial charge in [-0.15, -0.1) is 22.7 Å². The van der Waals surface area contributed by atoms with Crippen LogP contribution in [0.25, 0.3) is 21.1 Å². The second-order valence-electron chi connectivity index (χ2n) is 3.82. The van der Waals surface area contributed by atoms with E-state index in [1.165, 1.54) is 0 Å². The van der Waals surface area contributed by atoms with E-state index in [4.69, 9.17) is 11.6 Å². The molecule has 0 amide bonds. The molecule has 0 radical (unpaired) electrons. The van der Waals surface area contributed by atoms with Crippen molar-refractivity contribution in [3.63, 3.8) is 0 Å². The first-order valence-electron chi connectivity index (χ1n) is 5.61. The first-order valence-corrected chi connectivity index (χ1v) is 7.69. The molecule has 0 bridgehead atoms. The van der Waals surface area contributed by atoms with Crippen molar-refractivity contribution in [2.75, 3.05) is 12.4 Å². The van der Waals surface area contributed by atoms with Gasteiger partial charge in [-0.05, 0) is 12.1 Å². The lowest BCUT2D eigenvalue weighted by Crippen LogP contribution is -1.84. The number of hydrogen-bond acceptors (Lipinski definition) is 5. The molecule has 0 aliphatic carbocycles. The average Bonchev–Trinajstić information content (AvgIpc) is 3.08. The summed E-state index contributed by atoms with van der Waals surface area (Å²) in [7, 11) is 1.87. The monoisotopic (exact) mass is 307 g/mol. The fourth-order valence-electron chi connectivity index (χ4n) is 1.62. The molecule has 0 unspecified atom stereocenters. The molecular weight excluding hydrogens is 298 g/mol. The van der Waals surface area contributed by atoms with Gasteiger partial charge >= 0.3 is 0 Å². The summed E-state index contributed by atoms with van der Waals surface area (Å²) in [6.07, 6.45) is 1.86. The number of hydrogen-bond donors (Lipinski definition) is 1. The predicted octanol–water partition coefficient (Wildman–Crippen LogP) is 4.63. The number of thiazole rings is 2. The van der Waals surface area contributed by atoms with Crippen LogP contribution in [0.5, 0.6) is 0 Å². The van der Waals surface area contributed by atoms with Gasteiger partial charge in [0.05, 0.1) is 10.6 Å². The molecule has 96 valence electrons. The largest absolute Gasteiger partial charge is 0.365 e. The molecule has 3 rings (SSSR count). The van der Waals surface area contributed by atoms with Gasteiger partial charge in [-0.2, -0.15) is 0 Å². The van der Waals surface area contributed by atoms with Gasteiger partial charge < -0.3 is 5.32 Å². The molecule has 0 aliphatic heterocycles. The minimum absolute atomic E-state index is 0.735. The zero-order valence-electron chi connectivity index (χ0n) is 10.1. The Kier molecular flexibility index (Phi) is 3.50. The lowest BCUT2D eigenvalue weighted by molar-refractivity contribution is 1.36. The van der Waals surface area contributed by atoms with Crippen molar-refractivity contribution in [1.82, 2.24) is 9.97 Å². The highest BCUT2D eigenvalue weighted by molar-refractivity contribution is 7.19. The van der Waals surface area contributed by atoms with Crippen LogP contribution < -0.4 is 5.32 Å². The van der Waals surface area contributed by atoms with Crippen LogP contribution in [0.2, 0.25) is 5.02 Å². The fourth-order valence-corrected chi connectivity index (χ4v) is 3.37. The number of halogens is 1. The van der Waals surface area contributed by atoms with Crippen molar-refractivity contribution in [2.24, 2.45) is 0 Å². The van der Waals surface area contributed by atoms with Gasteiger partial charge in [0.1, 0.15) is 5.01 Å². The van der Waals surface area contributed by atoms with Gasteiger partial charge in [0, 0.05) is 29.2 Å². The van der Waals surface area contributed by atoms with Crippen LogP contribution in [-0.4, -0.2) is 17.0 Å². The predicted molar refractivity (Wildman–Crippen MR) is 83.2 cm³/mol. The average molecular weight is 308 g/mol. The number of anilines is 1. The smallest absolute Gasteiger partial charge is 0.182 e. The fraction of sp³-hybridized carbons (Fsp3) is 0.0769. The van der Waals surface area contributed by atoms with E-state index >= 15 is 0 Å². The molecule has 0 atom stereocenters. The second kappa shape index (κ2) is 5.28. The van der Waals surface area contributed by atoms with Crippen molar-refractivity contribution in [2.45, 2.75) is 0 Å². The van der Waals surface area contributed by atoms with E-state index in [-0.39, 0.29) is 0 Å². The lowest BCUT2D eigenvalue weighted by atomic mass is 10.2. The molecule has 2 heterocycles. The zero-order valence-corrected chi connectivity index (χ0v) is 12.4. The Morgan fingerprint density at radius 2 is 2.00 bits per heavy atom. The molecular formula is C13H10ClN3S2. The Morgan fingerprint density at radius 1 is 1.21 bits per heavy atom. The maximum absolute atomic E-state index is 5.89. The number of rotatable bonds is 3. The molecule has 0 fully saturated rings. The maximum Gasteiger partial charge on any atom is 0.182 e. The summed E-state index contributed by atoms with van der Waals surface area (Å²) in [5.74, 6) is 0. The molecule has 6 heteroatoms. The van der Waals surface area contributed by atoms with Gasteiger partial charge in [-0.1, -0.05) is 23.7 Å². The van der Waals surface area contributed by atoms with Crippen LogP contribution >= 0.6 is 34.3 Å². The topological polar surface area (TPSA) is 37.8 Å². The summed E-state index contributed by atoms with van der Waals surface area (Å²) in [5.41, 5.74) is 2.04. The van der Waals surface area contributed by atoms with Gasteiger partial charge in [0.25, 0.3) is 0 Å². The molecule has 0 aliphatic rings. The van der Waals surface area contributed by atoms with Crippen molar-refractivity contribution >= 4 is 39.4 Å². The zero-order chi connectivity index (χ0) is 13.2. The van der Waals surface area contributed by atoms with Gasteiger partial charge in [0.2, 0.25) is 0 Å². The van der Waals surface area contributed by atoms with E-state index in [1.807, 2.05) is 42.9 Å². The van der Waals surface area contributed by atoms with E-state index in [1.54, 1.807) is 22.7 Å². The number of benzene rings is 1. The normalized spacial score (nSPS) is 10.6. The van der Waals surface area contributed by atoms with Gasteiger partial charge in [-0.3, -0.25) is 0 Å². The summed E-state index contributed by atoms with van der Waals surface area (Å²) in [4.78, 5) is 10.00. The molecule has 3 nitrogen and oxygen atoms in total. The standard InChI is InChI=1S/C13H10ClN3S2/c1-15-13-17-10(7-18-13)11-6-16-12(19-11)8-2-4-9(14)5-3-8/h2-7H,1H3,(H,15,17). The summed E-state index contributed by atoms with van der Waals surface area (Å²) in [6.45, 7) is 0. The highest BCUT2D eigenvalue weighted by atomic mass is 35.5. The quantitative estimate of drug-likeness (QED) is 0.766. The molecule has 1 N–H and O–H groups in total. The number of aromatic nitrogens is 2. The Morgan fingerprint density at radius 3 is 2.68 bits per heavy atom. The third-order valence-electron chi connectivity index (χ3n) is 2.57. The first kappa shape index (κ1) is 12.6. The van der Waals surface area contributed by atoms with Crippen LogP contribution in [0.4, 0.5) is 5.13 Å². The van der Waals surface area contributed by atoms with E-state index in [0.717, 1.165) is 31.3 Å². The molecule has 0 spiro atoms. The third-order valence-corrected chi connectivity index (χ3v) is 4.75. The van der Waals surface area contributed by atoms with Crippen LogP contribution in [0, 0.1) is 0 Å². The summed E-state index contributed by atoms with van der Waals surface area (Å²) in [5, 5.41) is 7.70. The Labute approximate surface area is 123 Å². The minimum atomic E-state index is 0.735. The third kappa shape index (κ3) is 2.63. The van der Waals surface area contributed by atoms with Crippen LogP contribution in [0.15, 0.2) is 35.8 Å². The van der Waals surface area contributed by atoms with E-state index in [2.05, 4.69) is 15.3 Å². The molecule has 0 saturated carbocycles. The Balaban J connectivity index is 1.92. The van der Waals surface area contributed by atoms with Crippen LogP contribution in [0.1, 0.15) is 0 Å². The molecule has 0 saturated heterocycles. The first-order chi connectivity index (χ1) is 9.26. The molecule has 2 aromatic heterocycles. The van der Waals surface area contributed by atoms with Gasteiger partial charge in [0.15, 0.2) is 5.13 Å². The molecule has 19 heavy (non-hydrogen) atoms. The van der Waals surface area contributed by atoms with E-state index in [9.17, 15) is 0 Å². The Bertz CT molecular complexity index is 688. The summed E-state index contributed by atoms with van der Waals surface area (Å²) in [6, 6.07) is 7.70. The van der Waals surface area contributed by atoms with Crippen LogP contribution in [0.3, 0.4) is 0 Å². The summed E-state index contributed by atoms with van der Waals surface area (Å²) >= 11 is 9.11. The number of nitrogens with zero attached hydrogens (tertiary/aromatic N) is 2. The van der Waals surface area contributed by atoms with Crippen molar-refractivity contribution in [3.8, 4) is 21.1 Å². The second-order valence-corrected chi connectivity index (χ2v) is 6.15. The molecule has 3 aromatic rings. The maximum atomic E-state index is 5.89. The highest BCUT2D eigenvalue weighted by Crippen LogP contribution is 2.33. The molecule has 1 aromatic carbocycles. The SMILES string of the molecule is CNc1nc(-c2cnc(-c3ccc(Cl)cc3)s2)cs1. The summed E-state index contributed by atoms with van der Waals surface area (Å²) < 4.78 is 0. The minimum Gasteiger partial charge on any atom is -0.365 e. The van der Waals surface area contributed by atoms with Crippen LogP contribution in [-0.2, 0) is 0 Å². The van der Waals surface area contributed by atoms with E-state index < -0.39 is 0 Å². The Hall–Kier alpha value is -1.43. The highest BCUT2D eigenvalue weighted by Gasteiger charge is 2.09. The van der Waals surface area contributed by atoms with E-state index in [0.29, 0.717) is 0 Å². The van der Waals surface area contributed by atoms with Crippen molar-refractivity contribution in [3.05, 3.63) is 40.9 Å².